The second kappa shape index (κ2) is 4.70. The molecular formula is C25H28. The number of aryl methyl sites for hydroxylation is 2. The summed E-state index contributed by atoms with van der Waals surface area (Å²) in [5.74, 6) is 3.60. The van der Waals surface area contributed by atoms with Gasteiger partial charge in [-0.2, -0.15) is 0 Å². The van der Waals surface area contributed by atoms with Gasteiger partial charge in [-0.3, -0.25) is 0 Å². The van der Waals surface area contributed by atoms with Crippen molar-refractivity contribution < 1.29 is 0 Å². The summed E-state index contributed by atoms with van der Waals surface area (Å²) in [6, 6.07) is 5.10. The van der Waals surface area contributed by atoms with Crippen LogP contribution in [0.4, 0.5) is 0 Å². The Morgan fingerprint density at radius 2 is 1.32 bits per heavy atom. The fourth-order valence-electron chi connectivity index (χ4n) is 7.91. The molecule has 4 atom stereocenters. The zero-order valence-corrected chi connectivity index (χ0v) is 15.2. The second-order valence-corrected chi connectivity index (χ2v) is 9.74. The number of fused-ring (bicyclic) bond motifs is 1. The Kier molecular flexibility index (Phi) is 2.60. The summed E-state index contributed by atoms with van der Waals surface area (Å²) >= 11 is 0. The van der Waals surface area contributed by atoms with Gasteiger partial charge in [-0.05, 0) is 138 Å². The van der Waals surface area contributed by atoms with Gasteiger partial charge in [-0.25, -0.2) is 0 Å². The van der Waals surface area contributed by atoms with E-state index in [-0.39, 0.29) is 0 Å². The summed E-state index contributed by atoms with van der Waals surface area (Å²) in [5, 5.41) is 3.51. The van der Waals surface area contributed by atoms with E-state index >= 15 is 0 Å². The van der Waals surface area contributed by atoms with Gasteiger partial charge in [0, 0.05) is 0 Å². The van der Waals surface area contributed by atoms with Crippen LogP contribution in [0.25, 0.3) is 10.8 Å². The Hall–Kier alpha value is -1.30. The van der Waals surface area contributed by atoms with Gasteiger partial charge in [0.25, 0.3) is 0 Å². The van der Waals surface area contributed by atoms with Crippen LogP contribution in [0.2, 0.25) is 0 Å². The minimum Gasteiger partial charge on any atom is -0.0581 e. The summed E-state index contributed by atoms with van der Waals surface area (Å²) in [5.41, 5.74) is 11.1. The van der Waals surface area contributed by atoms with Crippen molar-refractivity contribution in [2.75, 3.05) is 0 Å². The largest absolute Gasteiger partial charge is 0.0581 e. The van der Waals surface area contributed by atoms with Crippen molar-refractivity contribution in [3.05, 3.63) is 45.5 Å². The molecular weight excluding hydrogens is 300 g/mol. The number of hydrogen-bond acceptors (Lipinski definition) is 0. The highest BCUT2D eigenvalue weighted by atomic mass is 14.5. The maximum absolute atomic E-state index is 2.56. The van der Waals surface area contributed by atoms with Crippen molar-refractivity contribution in [2.24, 2.45) is 0 Å². The number of hydrogen-bond donors (Lipinski definition) is 0. The summed E-state index contributed by atoms with van der Waals surface area (Å²) in [6.45, 7) is 0. The Morgan fingerprint density at radius 3 is 2.24 bits per heavy atom. The lowest BCUT2D eigenvalue weighted by Gasteiger charge is -2.47. The van der Waals surface area contributed by atoms with Crippen LogP contribution < -0.4 is 0 Å². The van der Waals surface area contributed by atoms with Gasteiger partial charge < -0.3 is 0 Å². The van der Waals surface area contributed by atoms with Gasteiger partial charge in [-0.15, -0.1) is 0 Å². The van der Waals surface area contributed by atoms with Crippen molar-refractivity contribution >= 4 is 10.8 Å². The molecule has 4 unspecified atom stereocenters. The van der Waals surface area contributed by atoms with Crippen LogP contribution in [0, 0.1) is 0 Å². The zero-order valence-electron chi connectivity index (χ0n) is 15.2. The summed E-state index contributed by atoms with van der Waals surface area (Å²) in [4.78, 5) is 0. The van der Waals surface area contributed by atoms with E-state index in [1.165, 1.54) is 70.6 Å². The van der Waals surface area contributed by atoms with Crippen LogP contribution in [0.15, 0.2) is 12.1 Å². The number of benzene rings is 2. The monoisotopic (exact) mass is 328 g/mol. The molecule has 5 aliphatic rings. The highest BCUT2D eigenvalue weighted by molar-refractivity contribution is 5.97. The van der Waals surface area contributed by atoms with Crippen molar-refractivity contribution in [1.82, 2.24) is 0 Å². The van der Waals surface area contributed by atoms with Gasteiger partial charge in [0.15, 0.2) is 0 Å². The molecule has 128 valence electrons. The fourth-order valence-corrected chi connectivity index (χ4v) is 7.91. The van der Waals surface area contributed by atoms with Gasteiger partial charge in [0.05, 0.1) is 0 Å². The SMILES string of the molecule is c1cc2c3c4c5c6c2c2c1CCCC2CC6CCC5CCC4CCC3. The Balaban J connectivity index is 1.70. The zero-order chi connectivity index (χ0) is 16.1. The second-order valence-electron chi connectivity index (χ2n) is 9.74. The van der Waals surface area contributed by atoms with Crippen molar-refractivity contribution in [3.63, 3.8) is 0 Å². The first-order valence-corrected chi connectivity index (χ1v) is 11.0. The van der Waals surface area contributed by atoms with E-state index in [9.17, 15) is 0 Å². The average Bonchev–Trinajstić information content (AvgIpc) is 2.67. The van der Waals surface area contributed by atoms with Crippen LogP contribution in [-0.2, 0) is 12.8 Å². The van der Waals surface area contributed by atoms with Crippen molar-refractivity contribution in [3.8, 4) is 0 Å². The van der Waals surface area contributed by atoms with Crippen molar-refractivity contribution in [1.29, 1.82) is 0 Å². The van der Waals surface area contributed by atoms with E-state index in [0.717, 1.165) is 23.7 Å². The molecule has 0 saturated heterocycles. The van der Waals surface area contributed by atoms with Crippen LogP contribution in [0.5, 0.6) is 0 Å². The van der Waals surface area contributed by atoms with Crippen LogP contribution >= 0.6 is 0 Å². The molecule has 5 aliphatic carbocycles. The van der Waals surface area contributed by atoms with Gasteiger partial charge in [-0.1, -0.05) is 12.1 Å². The fraction of sp³-hybridized carbons (Fsp3) is 0.600. The minimum absolute atomic E-state index is 0.884. The summed E-state index contributed by atoms with van der Waals surface area (Å²) in [7, 11) is 0. The van der Waals surface area contributed by atoms with Gasteiger partial charge >= 0.3 is 0 Å². The standard InChI is InChI=1S/C25H28/c1-3-14-11-12-20-19-6-2-4-15-7-8-16-9-10-18-13-17(5-1)21(14)25(20)24(18)23(16)22(15)19/h11-12,15-18H,1-10,13H2. The molecule has 25 heavy (non-hydrogen) atoms. The van der Waals surface area contributed by atoms with Gasteiger partial charge in [0.1, 0.15) is 0 Å². The molecule has 0 amide bonds. The lowest BCUT2D eigenvalue weighted by atomic mass is 9.57. The Morgan fingerprint density at radius 1 is 0.600 bits per heavy atom. The highest BCUT2D eigenvalue weighted by Crippen LogP contribution is 2.60. The third-order valence-electron chi connectivity index (χ3n) is 8.74. The van der Waals surface area contributed by atoms with E-state index in [1.807, 2.05) is 27.8 Å². The predicted octanol–water partition coefficient (Wildman–Crippen LogP) is 6.84. The lowest BCUT2D eigenvalue weighted by molar-refractivity contribution is 0.357. The first kappa shape index (κ1) is 13.8. The van der Waals surface area contributed by atoms with E-state index in [2.05, 4.69) is 12.1 Å². The highest BCUT2D eigenvalue weighted by Gasteiger charge is 2.43. The quantitative estimate of drug-likeness (QED) is 0.496. The molecule has 2 aromatic carbocycles. The van der Waals surface area contributed by atoms with E-state index < -0.39 is 0 Å². The predicted molar refractivity (Wildman–Crippen MR) is 104 cm³/mol. The number of rotatable bonds is 0. The van der Waals surface area contributed by atoms with Crippen LogP contribution in [-0.4, -0.2) is 0 Å². The normalized spacial score (nSPS) is 34.2. The van der Waals surface area contributed by atoms with Crippen molar-refractivity contribution in [2.45, 2.75) is 94.3 Å². The smallest absolute Gasteiger partial charge is 0.0106 e. The Bertz CT molecular complexity index is 918. The minimum atomic E-state index is 0.884. The molecule has 0 spiro atoms. The van der Waals surface area contributed by atoms with Crippen LogP contribution in [0.3, 0.4) is 0 Å². The van der Waals surface area contributed by atoms with E-state index in [4.69, 9.17) is 0 Å². The lowest BCUT2D eigenvalue weighted by Crippen LogP contribution is -2.30. The third-order valence-corrected chi connectivity index (χ3v) is 8.74. The summed E-state index contributed by atoms with van der Waals surface area (Å²) < 4.78 is 0. The van der Waals surface area contributed by atoms with Crippen LogP contribution in [0.1, 0.15) is 115 Å². The molecule has 0 heterocycles. The molecule has 0 fully saturated rings. The van der Waals surface area contributed by atoms with Gasteiger partial charge in [0.2, 0.25) is 0 Å². The molecule has 2 aromatic rings. The topological polar surface area (TPSA) is 0 Å². The molecule has 0 nitrogen and oxygen atoms in total. The third kappa shape index (κ3) is 1.61. The average molecular weight is 328 g/mol. The molecule has 0 heteroatoms. The molecule has 0 aliphatic heterocycles. The molecule has 0 saturated carbocycles. The maximum atomic E-state index is 2.56. The molecule has 0 radical (unpaired) electrons. The molecule has 0 N–H and O–H groups in total. The molecule has 0 aromatic heterocycles. The first-order chi connectivity index (χ1) is 12.4. The summed E-state index contributed by atoms with van der Waals surface area (Å²) in [6.07, 6.45) is 15.9. The first-order valence-electron chi connectivity index (χ1n) is 11.0. The Labute approximate surface area is 151 Å². The molecule has 0 bridgehead atoms. The van der Waals surface area contributed by atoms with E-state index in [0.29, 0.717) is 0 Å². The molecule has 7 rings (SSSR count). The van der Waals surface area contributed by atoms with E-state index in [1.54, 1.807) is 16.3 Å². The maximum Gasteiger partial charge on any atom is -0.0106 e.